The summed E-state index contributed by atoms with van der Waals surface area (Å²) in [5, 5.41) is 2.53. The molecule has 1 N–H and O–H groups in total. The molecular formula is C22H32F3N3O2. The van der Waals surface area contributed by atoms with Gasteiger partial charge in [0.1, 0.15) is 6.04 Å². The molecule has 1 unspecified atom stereocenters. The van der Waals surface area contributed by atoms with E-state index in [1.807, 2.05) is 13.8 Å². The maximum Gasteiger partial charge on any atom is 0.416 e. The molecule has 0 bridgehead atoms. The number of nitrogens with one attached hydrogen (secondary N) is 1. The molecule has 2 aliphatic rings. The zero-order valence-corrected chi connectivity index (χ0v) is 18.0. The number of aromatic nitrogens is 1. The van der Waals surface area contributed by atoms with Crippen LogP contribution in [0.25, 0.3) is 0 Å². The standard InChI is InChI=1S/C22H32F3N3O2/c1-15(2)10-18(20(30)26-3)28-12-16(17(11-19(28)29)22(23,24)25)6-9-27-13-21(14-27)7-4-5-8-21/h11-12,15,18H,4-10,13-14H2,1-3H3,(H,26,30). The van der Waals surface area contributed by atoms with Crippen LogP contribution in [0.1, 0.15) is 63.1 Å². The van der Waals surface area contributed by atoms with E-state index in [0.29, 0.717) is 24.4 Å². The van der Waals surface area contributed by atoms with Crippen LogP contribution in [0.15, 0.2) is 17.1 Å². The van der Waals surface area contributed by atoms with Gasteiger partial charge in [-0.1, -0.05) is 26.7 Å². The number of carbonyl (C=O) groups excluding carboxylic acids is 1. The molecule has 8 heteroatoms. The number of halogens is 3. The van der Waals surface area contributed by atoms with Crippen LogP contribution in [0.3, 0.4) is 0 Å². The lowest BCUT2D eigenvalue weighted by Gasteiger charge is -2.48. The number of carbonyl (C=O) groups is 1. The van der Waals surface area contributed by atoms with Crippen molar-refractivity contribution in [3.05, 3.63) is 33.7 Å². The zero-order chi connectivity index (χ0) is 22.1. The lowest BCUT2D eigenvalue weighted by atomic mass is 9.78. The highest BCUT2D eigenvalue weighted by molar-refractivity contribution is 5.80. The van der Waals surface area contributed by atoms with E-state index in [1.165, 1.54) is 43.5 Å². The smallest absolute Gasteiger partial charge is 0.357 e. The van der Waals surface area contributed by atoms with Crippen LogP contribution in [0.5, 0.6) is 0 Å². The highest BCUT2D eigenvalue weighted by Crippen LogP contribution is 2.45. The van der Waals surface area contributed by atoms with Gasteiger partial charge in [-0.15, -0.1) is 0 Å². The normalized spacial score (nSPS) is 19.8. The van der Waals surface area contributed by atoms with Crippen LogP contribution in [-0.2, 0) is 17.4 Å². The summed E-state index contributed by atoms with van der Waals surface area (Å²) in [5.41, 5.74) is -1.23. The Hall–Kier alpha value is -1.83. The van der Waals surface area contributed by atoms with Gasteiger partial charge in [-0.05, 0) is 42.6 Å². The lowest BCUT2D eigenvalue weighted by Crippen LogP contribution is -2.55. The number of alkyl halides is 3. The molecule has 1 aromatic heterocycles. The number of rotatable bonds is 7. The third-order valence-corrected chi connectivity index (χ3v) is 6.53. The second-order valence-corrected chi connectivity index (χ2v) is 9.38. The van der Waals surface area contributed by atoms with E-state index in [0.717, 1.165) is 13.1 Å². The predicted octanol–water partition coefficient (Wildman–Crippen LogP) is 3.62. The second-order valence-electron chi connectivity index (χ2n) is 9.38. The first-order valence-corrected chi connectivity index (χ1v) is 10.8. The van der Waals surface area contributed by atoms with Gasteiger partial charge < -0.3 is 14.8 Å². The summed E-state index contributed by atoms with van der Waals surface area (Å²) in [7, 11) is 1.47. The van der Waals surface area contributed by atoms with E-state index in [9.17, 15) is 22.8 Å². The Bertz CT molecular complexity index is 818. The van der Waals surface area contributed by atoms with Gasteiger partial charge in [-0.3, -0.25) is 9.59 Å². The van der Waals surface area contributed by atoms with Gasteiger partial charge in [0.15, 0.2) is 0 Å². The van der Waals surface area contributed by atoms with E-state index in [4.69, 9.17) is 0 Å². The van der Waals surface area contributed by atoms with Gasteiger partial charge in [0, 0.05) is 38.9 Å². The van der Waals surface area contributed by atoms with E-state index >= 15 is 0 Å². The van der Waals surface area contributed by atoms with Crippen LogP contribution in [0, 0.1) is 11.3 Å². The average Bonchev–Trinajstić information content (AvgIpc) is 3.12. The third-order valence-electron chi connectivity index (χ3n) is 6.53. The maximum absolute atomic E-state index is 13.6. The van der Waals surface area contributed by atoms with Crippen LogP contribution in [-0.4, -0.2) is 42.1 Å². The molecule has 3 rings (SSSR count). The minimum atomic E-state index is -4.60. The fourth-order valence-corrected chi connectivity index (χ4v) is 5.04. The fourth-order valence-electron chi connectivity index (χ4n) is 5.04. The molecule has 1 saturated carbocycles. The highest BCUT2D eigenvalue weighted by atomic mass is 19.4. The van der Waals surface area contributed by atoms with Crippen molar-refractivity contribution in [1.82, 2.24) is 14.8 Å². The SMILES string of the molecule is CNC(=O)C(CC(C)C)n1cc(CCN2CC3(CCCC3)C2)c(C(F)(F)F)cc1=O. The molecule has 30 heavy (non-hydrogen) atoms. The van der Waals surface area contributed by atoms with E-state index < -0.39 is 23.3 Å². The van der Waals surface area contributed by atoms with Gasteiger partial charge in [0.2, 0.25) is 5.91 Å². The van der Waals surface area contributed by atoms with Crippen molar-refractivity contribution in [3.63, 3.8) is 0 Å². The molecule has 1 spiro atoms. The Kier molecular flexibility index (Phi) is 6.65. The quantitative estimate of drug-likeness (QED) is 0.723. The molecule has 1 aliphatic heterocycles. The summed E-state index contributed by atoms with van der Waals surface area (Å²) in [5.74, 6) is -0.268. The molecule has 1 amide bonds. The topological polar surface area (TPSA) is 54.3 Å². The maximum atomic E-state index is 13.6. The third kappa shape index (κ3) is 4.90. The summed E-state index contributed by atoms with van der Waals surface area (Å²) in [6.45, 7) is 6.24. The summed E-state index contributed by atoms with van der Waals surface area (Å²) in [4.78, 5) is 27.1. The number of amides is 1. The molecule has 2 heterocycles. The van der Waals surface area contributed by atoms with Crippen molar-refractivity contribution in [2.24, 2.45) is 11.3 Å². The summed E-state index contributed by atoms with van der Waals surface area (Å²) in [6.07, 6.45) is 2.15. The number of nitrogens with zero attached hydrogens (tertiary/aromatic N) is 2. The minimum absolute atomic E-state index is 0.0760. The van der Waals surface area contributed by atoms with Crippen LogP contribution >= 0.6 is 0 Å². The predicted molar refractivity (Wildman–Crippen MR) is 109 cm³/mol. The van der Waals surface area contributed by atoms with Crippen LogP contribution in [0.2, 0.25) is 0 Å². The summed E-state index contributed by atoms with van der Waals surface area (Å²) < 4.78 is 42.0. The molecule has 168 valence electrons. The first-order chi connectivity index (χ1) is 14.0. The lowest BCUT2D eigenvalue weighted by molar-refractivity contribution is -0.138. The van der Waals surface area contributed by atoms with Gasteiger partial charge >= 0.3 is 6.18 Å². The largest absolute Gasteiger partial charge is 0.416 e. The van der Waals surface area contributed by atoms with Crippen molar-refractivity contribution >= 4 is 5.91 Å². The number of pyridine rings is 1. The van der Waals surface area contributed by atoms with Crippen molar-refractivity contribution in [3.8, 4) is 0 Å². The molecule has 0 aromatic carbocycles. The Morgan fingerprint density at radius 2 is 1.87 bits per heavy atom. The highest BCUT2D eigenvalue weighted by Gasteiger charge is 2.44. The van der Waals surface area contributed by atoms with Gasteiger partial charge in [-0.25, -0.2) is 0 Å². The number of hydrogen-bond donors (Lipinski definition) is 1. The Morgan fingerprint density at radius 3 is 2.40 bits per heavy atom. The second kappa shape index (κ2) is 8.73. The Balaban J connectivity index is 1.85. The molecule has 2 fully saturated rings. The molecule has 1 aliphatic carbocycles. The molecule has 1 atom stereocenters. The van der Waals surface area contributed by atoms with Gasteiger partial charge in [0.25, 0.3) is 5.56 Å². The molecule has 1 saturated heterocycles. The van der Waals surface area contributed by atoms with Crippen molar-refractivity contribution < 1.29 is 18.0 Å². The fraction of sp³-hybridized carbons (Fsp3) is 0.727. The number of hydrogen-bond acceptors (Lipinski definition) is 3. The van der Waals surface area contributed by atoms with E-state index in [1.54, 1.807) is 0 Å². The van der Waals surface area contributed by atoms with E-state index in [2.05, 4.69) is 10.2 Å². The Morgan fingerprint density at radius 1 is 1.23 bits per heavy atom. The summed E-state index contributed by atoms with van der Waals surface area (Å²) >= 11 is 0. The van der Waals surface area contributed by atoms with Crippen molar-refractivity contribution in [2.45, 2.75) is 64.6 Å². The van der Waals surface area contributed by atoms with Gasteiger partial charge in [0.05, 0.1) is 5.56 Å². The van der Waals surface area contributed by atoms with Crippen LogP contribution < -0.4 is 10.9 Å². The first-order valence-electron chi connectivity index (χ1n) is 10.8. The monoisotopic (exact) mass is 427 g/mol. The molecular weight excluding hydrogens is 395 g/mol. The van der Waals surface area contributed by atoms with Crippen molar-refractivity contribution in [1.29, 1.82) is 0 Å². The number of likely N-dealkylation sites (N-methyl/N-ethyl adjacent to an activating group) is 1. The van der Waals surface area contributed by atoms with Gasteiger partial charge in [-0.2, -0.15) is 13.2 Å². The molecule has 1 aromatic rings. The summed E-state index contributed by atoms with van der Waals surface area (Å²) in [6, 6.07) is -0.172. The first kappa shape index (κ1) is 22.8. The number of likely N-dealkylation sites (tertiary alicyclic amines) is 1. The minimum Gasteiger partial charge on any atom is -0.357 e. The van der Waals surface area contributed by atoms with Crippen LogP contribution in [0.4, 0.5) is 13.2 Å². The Labute approximate surface area is 175 Å². The average molecular weight is 428 g/mol. The molecule has 5 nitrogen and oxygen atoms in total. The van der Waals surface area contributed by atoms with Crippen molar-refractivity contribution in [2.75, 3.05) is 26.7 Å². The zero-order valence-electron chi connectivity index (χ0n) is 18.0. The molecule has 0 radical (unpaired) electrons. The van der Waals surface area contributed by atoms with E-state index in [-0.39, 0.29) is 23.8 Å².